The Morgan fingerprint density at radius 3 is 2.40 bits per heavy atom. The van der Waals surface area contributed by atoms with E-state index in [0.29, 0.717) is 6.54 Å². The minimum atomic E-state index is -0.509. The Hall–Kier alpha value is -2.04. The molecule has 0 radical (unpaired) electrons. The average molecular weight is 279 g/mol. The maximum absolute atomic E-state index is 11.5. The van der Waals surface area contributed by atoms with Gasteiger partial charge in [-0.2, -0.15) is 0 Å². The molecule has 0 bridgehead atoms. The van der Waals surface area contributed by atoms with Crippen LogP contribution in [0.4, 0.5) is 0 Å². The molecule has 0 aliphatic carbocycles. The first-order valence-electron chi connectivity index (χ1n) is 6.69. The second kappa shape index (κ2) is 8.19. The Morgan fingerprint density at radius 2 is 1.85 bits per heavy atom. The molecule has 5 heteroatoms. The molecule has 1 N–H and O–H groups in total. The molecule has 0 aliphatic heterocycles. The fourth-order valence-electron chi connectivity index (χ4n) is 1.56. The van der Waals surface area contributed by atoms with Gasteiger partial charge in [0.2, 0.25) is 5.91 Å². The zero-order chi connectivity index (χ0) is 15.0. The summed E-state index contributed by atoms with van der Waals surface area (Å²) in [5.41, 5.74) is 0.943. The highest BCUT2D eigenvalue weighted by atomic mass is 16.5. The predicted molar refractivity (Wildman–Crippen MR) is 75.3 cm³/mol. The van der Waals surface area contributed by atoms with Gasteiger partial charge in [0.15, 0.2) is 0 Å². The highest BCUT2D eigenvalue weighted by Gasteiger charge is 2.09. The second-order valence-corrected chi connectivity index (χ2v) is 4.57. The molecular formula is C15H21NO4. The molecule has 0 fully saturated rings. The zero-order valence-electron chi connectivity index (χ0n) is 12.1. The van der Waals surface area contributed by atoms with E-state index in [9.17, 15) is 9.59 Å². The minimum Gasteiger partial charge on any atom is -0.491 e. The van der Waals surface area contributed by atoms with E-state index in [1.165, 1.54) is 0 Å². The van der Waals surface area contributed by atoms with Gasteiger partial charge < -0.3 is 14.8 Å². The third-order valence-corrected chi connectivity index (χ3v) is 2.40. The van der Waals surface area contributed by atoms with Crippen LogP contribution in [0.25, 0.3) is 0 Å². The van der Waals surface area contributed by atoms with E-state index in [4.69, 9.17) is 9.47 Å². The number of esters is 1. The average Bonchev–Trinajstić information content (AvgIpc) is 2.37. The standard InChI is InChI=1S/C15H21NO4/c1-4-19-15(18)9-14(17)16-10-12-5-7-13(8-6-12)20-11(2)3/h5-8,11H,4,9-10H2,1-3H3,(H,16,17). The Bertz CT molecular complexity index is 440. The largest absolute Gasteiger partial charge is 0.491 e. The SMILES string of the molecule is CCOC(=O)CC(=O)NCc1ccc(OC(C)C)cc1. The summed E-state index contributed by atoms with van der Waals surface area (Å²) in [5, 5.41) is 2.67. The van der Waals surface area contributed by atoms with E-state index in [1.807, 2.05) is 38.1 Å². The van der Waals surface area contributed by atoms with Gasteiger partial charge in [0.05, 0.1) is 12.7 Å². The monoisotopic (exact) mass is 279 g/mol. The summed E-state index contributed by atoms with van der Waals surface area (Å²) < 4.78 is 10.2. The lowest BCUT2D eigenvalue weighted by Gasteiger charge is -2.10. The number of carbonyl (C=O) groups excluding carboxylic acids is 2. The third-order valence-electron chi connectivity index (χ3n) is 2.40. The first-order chi connectivity index (χ1) is 9.51. The van der Waals surface area contributed by atoms with E-state index < -0.39 is 5.97 Å². The van der Waals surface area contributed by atoms with Gasteiger partial charge >= 0.3 is 5.97 Å². The van der Waals surface area contributed by atoms with Gasteiger partial charge in [0.1, 0.15) is 12.2 Å². The topological polar surface area (TPSA) is 64.6 Å². The molecule has 1 rings (SSSR count). The van der Waals surface area contributed by atoms with Gasteiger partial charge in [-0.3, -0.25) is 9.59 Å². The van der Waals surface area contributed by atoms with E-state index in [0.717, 1.165) is 11.3 Å². The van der Waals surface area contributed by atoms with Crippen LogP contribution >= 0.6 is 0 Å². The van der Waals surface area contributed by atoms with Gasteiger partial charge in [0.25, 0.3) is 0 Å². The van der Waals surface area contributed by atoms with E-state index in [1.54, 1.807) is 6.92 Å². The molecule has 0 spiro atoms. The van der Waals surface area contributed by atoms with Crippen LogP contribution in [0, 0.1) is 0 Å². The molecule has 0 atom stereocenters. The smallest absolute Gasteiger partial charge is 0.315 e. The van der Waals surface area contributed by atoms with Crippen molar-refractivity contribution < 1.29 is 19.1 Å². The summed E-state index contributed by atoms with van der Waals surface area (Å²) in [6, 6.07) is 7.46. The van der Waals surface area contributed by atoms with Crippen LogP contribution in [0.1, 0.15) is 32.8 Å². The molecule has 0 heterocycles. The number of hydrogen-bond donors (Lipinski definition) is 1. The Kier molecular flexibility index (Phi) is 6.56. The normalized spacial score (nSPS) is 10.2. The Morgan fingerprint density at radius 1 is 1.20 bits per heavy atom. The van der Waals surface area contributed by atoms with Crippen molar-refractivity contribution in [2.45, 2.75) is 39.8 Å². The van der Waals surface area contributed by atoms with Gasteiger partial charge in [-0.25, -0.2) is 0 Å². The molecule has 1 amide bonds. The van der Waals surface area contributed by atoms with Crippen molar-refractivity contribution in [1.82, 2.24) is 5.32 Å². The fourth-order valence-corrected chi connectivity index (χ4v) is 1.56. The van der Waals surface area contributed by atoms with Crippen LogP contribution in [0.15, 0.2) is 24.3 Å². The number of benzene rings is 1. The molecule has 0 unspecified atom stereocenters. The Labute approximate surface area is 119 Å². The number of rotatable bonds is 7. The summed E-state index contributed by atoms with van der Waals surface area (Å²) in [7, 11) is 0. The van der Waals surface area contributed by atoms with Crippen LogP contribution in [0.3, 0.4) is 0 Å². The van der Waals surface area contributed by atoms with Crippen molar-refractivity contribution in [2.75, 3.05) is 6.61 Å². The maximum atomic E-state index is 11.5. The molecule has 0 saturated carbocycles. The van der Waals surface area contributed by atoms with Crippen molar-refractivity contribution in [1.29, 1.82) is 0 Å². The van der Waals surface area contributed by atoms with Crippen LogP contribution in [0.5, 0.6) is 5.75 Å². The number of carbonyl (C=O) groups is 2. The number of ether oxygens (including phenoxy) is 2. The molecule has 110 valence electrons. The van der Waals surface area contributed by atoms with Crippen molar-refractivity contribution >= 4 is 11.9 Å². The molecule has 20 heavy (non-hydrogen) atoms. The van der Waals surface area contributed by atoms with Crippen molar-refractivity contribution in [3.05, 3.63) is 29.8 Å². The van der Waals surface area contributed by atoms with E-state index in [-0.39, 0.29) is 25.0 Å². The number of amides is 1. The lowest BCUT2D eigenvalue weighted by Crippen LogP contribution is -2.26. The van der Waals surface area contributed by atoms with Crippen LogP contribution in [-0.2, 0) is 20.9 Å². The lowest BCUT2D eigenvalue weighted by molar-refractivity contribution is -0.146. The summed E-state index contributed by atoms with van der Waals surface area (Å²) in [6.07, 6.45) is -0.118. The Balaban J connectivity index is 2.38. The van der Waals surface area contributed by atoms with Crippen LogP contribution in [-0.4, -0.2) is 24.6 Å². The summed E-state index contributed by atoms with van der Waals surface area (Å²) in [4.78, 5) is 22.6. The minimum absolute atomic E-state index is 0.130. The molecule has 1 aromatic rings. The van der Waals surface area contributed by atoms with E-state index >= 15 is 0 Å². The summed E-state index contributed by atoms with van der Waals surface area (Å²) in [5.74, 6) is -0.0572. The van der Waals surface area contributed by atoms with Gasteiger partial charge in [-0.05, 0) is 38.5 Å². The highest BCUT2D eigenvalue weighted by Crippen LogP contribution is 2.13. The van der Waals surface area contributed by atoms with Crippen molar-refractivity contribution in [3.8, 4) is 5.75 Å². The van der Waals surface area contributed by atoms with Gasteiger partial charge in [-0.1, -0.05) is 12.1 Å². The van der Waals surface area contributed by atoms with Gasteiger partial charge in [0, 0.05) is 6.54 Å². The van der Waals surface area contributed by atoms with Crippen molar-refractivity contribution in [2.24, 2.45) is 0 Å². The first-order valence-corrected chi connectivity index (χ1v) is 6.69. The number of hydrogen-bond acceptors (Lipinski definition) is 4. The molecular weight excluding hydrogens is 258 g/mol. The quantitative estimate of drug-likeness (QED) is 0.613. The molecule has 0 saturated heterocycles. The highest BCUT2D eigenvalue weighted by molar-refractivity contribution is 5.94. The molecule has 0 aliphatic rings. The summed E-state index contributed by atoms with van der Waals surface area (Å²) >= 11 is 0. The lowest BCUT2D eigenvalue weighted by atomic mass is 10.2. The predicted octanol–water partition coefficient (Wildman–Crippen LogP) is 2.04. The molecule has 1 aromatic carbocycles. The third kappa shape index (κ3) is 6.22. The second-order valence-electron chi connectivity index (χ2n) is 4.57. The zero-order valence-corrected chi connectivity index (χ0v) is 12.1. The molecule has 0 aromatic heterocycles. The summed E-state index contributed by atoms with van der Waals surface area (Å²) in [6.45, 7) is 6.28. The van der Waals surface area contributed by atoms with E-state index in [2.05, 4.69) is 5.32 Å². The fraction of sp³-hybridized carbons (Fsp3) is 0.467. The van der Waals surface area contributed by atoms with Crippen LogP contribution in [0.2, 0.25) is 0 Å². The van der Waals surface area contributed by atoms with Crippen LogP contribution < -0.4 is 10.1 Å². The number of nitrogens with one attached hydrogen (secondary N) is 1. The van der Waals surface area contributed by atoms with Crippen molar-refractivity contribution in [3.63, 3.8) is 0 Å². The molecule has 5 nitrogen and oxygen atoms in total. The van der Waals surface area contributed by atoms with Gasteiger partial charge in [-0.15, -0.1) is 0 Å². The maximum Gasteiger partial charge on any atom is 0.315 e. The first kappa shape index (κ1) is 16.0.